The van der Waals surface area contributed by atoms with Gasteiger partial charge in [-0.05, 0) is 51.9 Å². The van der Waals surface area contributed by atoms with E-state index in [0.717, 1.165) is 5.92 Å². The first-order valence-corrected chi connectivity index (χ1v) is 9.94. The molecular weight excluding hydrogens is 300 g/mol. The van der Waals surface area contributed by atoms with Crippen molar-refractivity contribution in [3.05, 3.63) is 0 Å². The van der Waals surface area contributed by atoms with E-state index in [2.05, 4.69) is 31.4 Å². The van der Waals surface area contributed by atoms with E-state index >= 15 is 0 Å². The fourth-order valence-electron chi connectivity index (χ4n) is 3.54. The highest BCUT2D eigenvalue weighted by atomic mass is 16.6. The maximum atomic E-state index is 11.9. The van der Waals surface area contributed by atoms with Crippen LogP contribution in [-0.2, 0) is 4.74 Å². The van der Waals surface area contributed by atoms with Gasteiger partial charge in [-0.15, -0.1) is 0 Å². The number of ether oxygens (including phenoxy) is 1. The molecule has 1 aliphatic carbocycles. The van der Waals surface area contributed by atoms with Gasteiger partial charge < -0.3 is 15.4 Å². The zero-order valence-corrected chi connectivity index (χ0v) is 16.8. The van der Waals surface area contributed by atoms with Crippen molar-refractivity contribution in [3.63, 3.8) is 0 Å². The molecule has 0 bridgehead atoms. The zero-order valence-electron chi connectivity index (χ0n) is 16.8. The molecule has 1 rings (SSSR count). The lowest BCUT2D eigenvalue weighted by Crippen LogP contribution is -2.49. The van der Waals surface area contributed by atoms with Gasteiger partial charge in [-0.1, -0.05) is 46.5 Å². The summed E-state index contributed by atoms with van der Waals surface area (Å²) in [6.45, 7) is 13.0. The molecule has 0 spiro atoms. The van der Waals surface area contributed by atoms with Crippen molar-refractivity contribution < 1.29 is 9.53 Å². The summed E-state index contributed by atoms with van der Waals surface area (Å²) in [7, 11) is 0. The van der Waals surface area contributed by atoms with Gasteiger partial charge in [0.15, 0.2) is 0 Å². The van der Waals surface area contributed by atoms with Crippen LogP contribution < -0.4 is 10.6 Å². The SMILES string of the molecule is CCCC1CCCC(NC(CNC(=O)OC(C)(C)C)C(C)C)CC1. The number of hydrogen-bond donors (Lipinski definition) is 2. The minimum atomic E-state index is -0.444. The summed E-state index contributed by atoms with van der Waals surface area (Å²) in [5, 5.41) is 6.74. The van der Waals surface area contributed by atoms with E-state index in [1.54, 1.807) is 0 Å². The summed E-state index contributed by atoms with van der Waals surface area (Å²) in [6.07, 6.45) is 8.93. The lowest BCUT2D eigenvalue weighted by Gasteiger charge is -2.29. The van der Waals surface area contributed by atoms with E-state index in [0.29, 0.717) is 24.5 Å². The molecule has 3 atom stereocenters. The zero-order chi connectivity index (χ0) is 18.2. The minimum Gasteiger partial charge on any atom is -0.444 e. The lowest BCUT2D eigenvalue weighted by molar-refractivity contribution is 0.0518. The van der Waals surface area contributed by atoms with E-state index in [1.165, 1.54) is 44.9 Å². The molecular formula is C20H40N2O2. The van der Waals surface area contributed by atoms with Gasteiger partial charge in [-0.2, -0.15) is 0 Å². The van der Waals surface area contributed by atoms with Crippen molar-refractivity contribution in [2.75, 3.05) is 6.54 Å². The van der Waals surface area contributed by atoms with Crippen molar-refractivity contribution in [1.82, 2.24) is 10.6 Å². The standard InChI is InChI=1S/C20H40N2O2/c1-7-9-16-10-8-11-17(13-12-16)22-18(15(2)3)14-21-19(23)24-20(4,5)6/h15-18,22H,7-14H2,1-6H3,(H,21,23). The van der Waals surface area contributed by atoms with Crippen LogP contribution in [0.5, 0.6) is 0 Å². The average molecular weight is 341 g/mol. The topological polar surface area (TPSA) is 50.4 Å². The summed E-state index contributed by atoms with van der Waals surface area (Å²) >= 11 is 0. The molecule has 142 valence electrons. The largest absolute Gasteiger partial charge is 0.444 e. The first-order chi connectivity index (χ1) is 11.2. The smallest absolute Gasteiger partial charge is 0.407 e. The predicted octanol–water partition coefficient (Wildman–Crippen LogP) is 4.87. The van der Waals surface area contributed by atoms with Gasteiger partial charge in [-0.3, -0.25) is 0 Å². The second kappa shape index (κ2) is 10.3. The molecule has 0 aliphatic heterocycles. The highest BCUT2D eigenvalue weighted by molar-refractivity contribution is 5.67. The van der Waals surface area contributed by atoms with Gasteiger partial charge in [0.25, 0.3) is 0 Å². The molecule has 1 amide bonds. The number of hydrogen-bond acceptors (Lipinski definition) is 3. The molecule has 0 aromatic heterocycles. The third kappa shape index (κ3) is 8.91. The van der Waals surface area contributed by atoms with Gasteiger partial charge in [0.05, 0.1) is 0 Å². The fourth-order valence-corrected chi connectivity index (χ4v) is 3.54. The first-order valence-electron chi connectivity index (χ1n) is 9.94. The Balaban J connectivity index is 2.44. The number of rotatable bonds is 7. The monoisotopic (exact) mass is 340 g/mol. The van der Waals surface area contributed by atoms with Crippen LogP contribution in [0.4, 0.5) is 4.79 Å². The first kappa shape index (κ1) is 21.3. The van der Waals surface area contributed by atoms with Crippen molar-refractivity contribution >= 4 is 6.09 Å². The van der Waals surface area contributed by atoms with Gasteiger partial charge in [0, 0.05) is 18.6 Å². The maximum absolute atomic E-state index is 11.9. The van der Waals surface area contributed by atoms with E-state index in [-0.39, 0.29) is 6.09 Å². The number of nitrogens with one attached hydrogen (secondary N) is 2. The van der Waals surface area contributed by atoms with Crippen LogP contribution in [0.2, 0.25) is 0 Å². The van der Waals surface area contributed by atoms with Crippen LogP contribution in [0, 0.1) is 11.8 Å². The Morgan fingerprint density at radius 2 is 1.88 bits per heavy atom. The van der Waals surface area contributed by atoms with Gasteiger partial charge in [0.1, 0.15) is 5.60 Å². The van der Waals surface area contributed by atoms with Crippen molar-refractivity contribution in [2.45, 2.75) is 104 Å². The predicted molar refractivity (Wildman–Crippen MR) is 101 cm³/mol. The number of amides is 1. The molecule has 4 nitrogen and oxygen atoms in total. The van der Waals surface area contributed by atoms with E-state index < -0.39 is 5.60 Å². The average Bonchev–Trinajstić information content (AvgIpc) is 2.67. The third-order valence-electron chi connectivity index (χ3n) is 4.90. The van der Waals surface area contributed by atoms with Crippen LogP contribution in [0.25, 0.3) is 0 Å². The lowest BCUT2D eigenvalue weighted by atomic mass is 9.95. The number of carbonyl (C=O) groups is 1. The maximum Gasteiger partial charge on any atom is 0.407 e. The Labute approximate surface area is 149 Å². The van der Waals surface area contributed by atoms with Crippen LogP contribution in [0.15, 0.2) is 0 Å². The Bertz CT molecular complexity index is 363. The molecule has 24 heavy (non-hydrogen) atoms. The van der Waals surface area contributed by atoms with E-state index in [1.807, 2.05) is 20.8 Å². The van der Waals surface area contributed by atoms with E-state index in [4.69, 9.17) is 4.74 Å². The quantitative estimate of drug-likeness (QED) is 0.650. The highest BCUT2D eigenvalue weighted by Gasteiger charge is 2.23. The highest BCUT2D eigenvalue weighted by Crippen LogP contribution is 2.27. The van der Waals surface area contributed by atoms with Crippen molar-refractivity contribution in [3.8, 4) is 0 Å². The minimum absolute atomic E-state index is 0.297. The van der Waals surface area contributed by atoms with Gasteiger partial charge >= 0.3 is 6.09 Å². The molecule has 2 N–H and O–H groups in total. The molecule has 1 aliphatic rings. The summed E-state index contributed by atoms with van der Waals surface area (Å²) in [5.41, 5.74) is -0.444. The molecule has 1 fully saturated rings. The van der Waals surface area contributed by atoms with Gasteiger partial charge in [0.2, 0.25) is 0 Å². The summed E-state index contributed by atoms with van der Waals surface area (Å²) in [5.74, 6) is 1.40. The third-order valence-corrected chi connectivity index (χ3v) is 4.90. The molecule has 1 saturated carbocycles. The molecule has 0 aromatic rings. The molecule has 4 heteroatoms. The summed E-state index contributed by atoms with van der Waals surface area (Å²) in [6, 6.07) is 0.880. The summed E-state index contributed by atoms with van der Waals surface area (Å²) < 4.78 is 5.34. The number of alkyl carbamates (subject to hydrolysis) is 1. The normalized spacial score (nSPS) is 23.6. The second-order valence-electron chi connectivity index (χ2n) is 8.76. The van der Waals surface area contributed by atoms with Crippen LogP contribution in [0.3, 0.4) is 0 Å². The van der Waals surface area contributed by atoms with Crippen molar-refractivity contribution in [2.24, 2.45) is 11.8 Å². The second-order valence-corrected chi connectivity index (χ2v) is 8.76. The Morgan fingerprint density at radius 3 is 2.46 bits per heavy atom. The Morgan fingerprint density at radius 1 is 1.17 bits per heavy atom. The molecule has 3 unspecified atom stereocenters. The van der Waals surface area contributed by atoms with Crippen molar-refractivity contribution in [1.29, 1.82) is 0 Å². The van der Waals surface area contributed by atoms with Crippen LogP contribution >= 0.6 is 0 Å². The Kier molecular flexibility index (Phi) is 9.11. The Hall–Kier alpha value is -0.770. The molecule has 0 aromatic carbocycles. The molecule has 0 saturated heterocycles. The van der Waals surface area contributed by atoms with Crippen LogP contribution in [0.1, 0.15) is 86.5 Å². The fraction of sp³-hybridized carbons (Fsp3) is 0.950. The van der Waals surface area contributed by atoms with Gasteiger partial charge in [-0.25, -0.2) is 4.79 Å². The van der Waals surface area contributed by atoms with E-state index in [9.17, 15) is 4.79 Å². The molecule has 0 heterocycles. The summed E-state index contributed by atoms with van der Waals surface area (Å²) in [4.78, 5) is 11.9. The number of carbonyl (C=O) groups excluding carboxylic acids is 1. The van der Waals surface area contributed by atoms with Crippen LogP contribution in [-0.4, -0.2) is 30.3 Å². The molecule has 0 radical (unpaired) electrons.